The molecule has 0 spiro atoms. The van der Waals surface area contributed by atoms with Crippen LogP contribution in [0.4, 0.5) is 5.69 Å². The van der Waals surface area contributed by atoms with Crippen molar-refractivity contribution in [2.24, 2.45) is 0 Å². The van der Waals surface area contributed by atoms with Crippen LogP contribution in [-0.4, -0.2) is 11.7 Å². The van der Waals surface area contributed by atoms with E-state index in [0.29, 0.717) is 18.1 Å². The van der Waals surface area contributed by atoms with Crippen LogP contribution in [0.5, 0.6) is 0 Å². The monoisotopic (exact) mass is 251 g/mol. The Hall–Kier alpha value is -2.42. The number of hydrogen-bond donors (Lipinski definition) is 2. The van der Waals surface area contributed by atoms with Crippen LogP contribution in [0.1, 0.15) is 18.9 Å². The number of nitrogens with one attached hydrogen (secondary N) is 2. The van der Waals surface area contributed by atoms with Gasteiger partial charge in [0, 0.05) is 17.7 Å². The van der Waals surface area contributed by atoms with E-state index in [9.17, 15) is 0 Å². The van der Waals surface area contributed by atoms with E-state index in [-0.39, 0.29) is 0 Å². The second-order valence-corrected chi connectivity index (χ2v) is 4.19. The molecular weight excluding hydrogens is 234 g/mol. The molecule has 0 bridgehead atoms. The molecule has 0 atom stereocenters. The SMILES string of the molecule is CCC(=N)N(C(=N)c1ccccc1)c1ccccc1. The minimum absolute atomic E-state index is 0.332. The summed E-state index contributed by atoms with van der Waals surface area (Å²) in [5.74, 6) is 0.749. The Morgan fingerprint density at radius 2 is 1.42 bits per heavy atom. The molecule has 19 heavy (non-hydrogen) atoms. The first-order valence-corrected chi connectivity index (χ1v) is 6.30. The van der Waals surface area contributed by atoms with Gasteiger partial charge in [-0.2, -0.15) is 0 Å². The van der Waals surface area contributed by atoms with Gasteiger partial charge in [-0.15, -0.1) is 0 Å². The molecule has 0 radical (unpaired) electrons. The summed E-state index contributed by atoms with van der Waals surface area (Å²) in [6.45, 7) is 1.93. The minimum atomic E-state index is 0.332. The molecule has 0 unspecified atom stereocenters. The van der Waals surface area contributed by atoms with E-state index in [2.05, 4.69) is 0 Å². The summed E-state index contributed by atoms with van der Waals surface area (Å²) in [7, 11) is 0. The Morgan fingerprint density at radius 3 is 1.95 bits per heavy atom. The maximum atomic E-state index is 8.34. The summed E-state index contributed by atoms with van der Waals surface area (Å²) in [4.78, 5) is 1.68. The predicted molar refractivity (Wildman–Crippen MR) is 80.2 cm³/mol. The quantitative estimate of drug-likeness (QED) is 0.630. The van der Waals surface area contributed by atoms with Gasteiger partial charge in [0.2, 0.25) is 0 Å². The average molecular weight is 251 g/mol. The van der Waals surface area contributed by atoms with E-state index in [1.807, 2.05) is 67.6 Å². The third-order valence-corrected chi connectivity index (χ3v) is 2.89. The van der Waals surface area contributed by atoms with E-state index in [1.54, 1.807) is 4.90 Å². The molecule has 3 nitrogen and oxygen atoms in total. The van der Waals surface area contributed by atoms with Gasteiger partial charge in [0.1, 0.15) is 11.7 Å². The van der Waals surface area contributed by atoms with Crippen molar-refractivity contribution in [3.05, 3.63) is 66.2 Å². The number of rotatable bonds is 3. The lowest BCUT2D eigenvalue weighted by Crippen LogP contribution is -2.36. The van der Waals surface area contributed by atoms with Gasteiger partial charge in [-0.05, 0) is 12.1 Å². The van der Waals surface area contributed by atoms with Crippen LogP contribution >= 0.6 is 0 Å². The van der Waals surface area contributed by atoms with E-state index < -0.39 is 0 Å². The molecule has 0 saturated heterocycles. The summed E-state index contributed by atoms with van der Waals surface area (Å²) in [6.07, 6.45) is 0.587. The Kier molecular flexibility index (Phi) is 4.08. The van der Waals surface area contributed by atoms with Crippen LogP contribution in [0.3, 0.4) is 0 Å². The van der Waals surface area contributed by atoms with Crippen LogP contribution in [-0.2, 0) is 0 Å². The first-order valence-electron chi connectivity index (χ1n) is 6.30. The molecule has 96 valence electrons. The van der Waals surface area contributed by atoms with Crippen molar-refractivity contribution in [3.63, 3.8) is 0 Å². The number of benzene rings is 2. The highest BCUT2D eigenvalue weighted by molar-refractivity contribution is 6.22. The highest BCUT2D eigenvalue weighted by atomic mass is 15.2. The number of anilines is 1. The topological polar surface area (TPSA) is 50.9 Å². The molecular formula is C16H17N3. The summed E-state index contributed by atoms with van der Waals surface area (Å²) >= 11 is 0. The van der Waals surface area contributed by atoms with E-state index in [1.165, 1.54) is 0 Å². The fourth-order valence-corrected chi connectivity index (χ4v) is 1.88. The van der Waals surface area contributed by atoms with Crippen molar-refractivity contribution < 1.29 is 0 Å². The second kappa shape index (κ2) is 5.96. The molecule has 0 aliphatic heterocycles. The van der Waals surface area contributed by atoms with E-state index in [0.717, 1.165) is 11.3 Å². The first-order chi connectivity index (χ1) is 9.24. The molecule has 2 aromatic carbocycles. The first kappa shape index (κ1) is 13.0. The number of nitrogens with zero attached hydrogens (tertiary/aromatic N) is 1. The fourth-order valence-electron chi connectivity index (χ4n) is 1.88. The Morgan fingerprint density at radius 1 is 0.895 bits per heavy atom. The van der Waals surface area contributed by atoms with Gasteiger partial charge in [0.25, 0.3) is 0 Å². The van der Waals surface area contributed by atoms with Crippen LogP contribution < -0.4 is 4.90 Å². The van der Waals surface area contributed by atoms with Gasteiger partial charge >= 0.3 is 0 Å². The zero-order valence-electron chi connectivity index (χ0n) is 10.9. The average Bonchev–Trinajstić information content (AvgIpc) is 2.49. The van der Waals surface area contributed by atoms with Crippen molar-refractivity contribution in [1.82, 2.24) is 0 Å². The number of amidine groups is 2. The van der Waals surface area contributed by atoms with Gasteiger partial charge < -0.3 is 0 Å². The molecule has 0 heterocycles. The number of para-hydroxylation sites is 1. The van der Waals surface area contributed by atoms with Crippen LogP contribution in [0.2, 0.25) is 0 Å². The molecule has 3 heteroatoms. The van der Waals surface area contributed by atoms with Crippen molar-refractivity contribution in [3.8, 4) is 0 Å². The van der Waals surface area contributed by atoms with Crippen molar-refractivity contribution in [2.75, 3.05) is 4.90 Å². The number of hydrogen-bond acceptors (Lipinski definition) is 2. The van der Waals surface area contributed by atoms with Gasteiger partial charge in [-0.25, -0.2) is 0 Å². The maximum absolute atomic E-state index is 8.34. The third kappa shape index (κ3) is 2.88. The normalized spacial score (nSPS) is 9.95. The smallest absolute Gasteiger partial charge is 0.138 e. The van der Waals surface area contributed by atoms with E-state index in [4.69, 9.17) is 10.8 Å². The maximum Gasteiger partial charge on any atom is 0.138 e. The molecule has 2 rings (SSSR count). The largest absolute Gasteiger partial charge is 0.288 e. The highest BCUT2D eigenvalue weighted by Crippen LogP contribution is 2.18. The highest BCUT2D eigenvalue weighted by Gasteiger charge is 2.17. The molecule has 0 aliphatic rings. The molecule has 0 aliphatic carbocycles. The Balaban J connectivity index is 2.40. The lowest BCUT2D eigenvalue weighted by molar-refractivity contribution is 1.17. The second-order valence-electron chi connectivity index (χ2n) is 4.19. The predicted octanol–water partition coefficient (Wildman–Crippen LogP) is 3.91. The molecule has 0 aromatic heterocycles. The van der Waals surface area contributed by atoms with E-state index >= 15 is 0 Å². The molecule has 0 saturated carbocycles. The van der Waals surface area contributed by atoms with Gasteiger partial charge in [-0.3, -0.25) is 15.7 Å². The molecule has 0 amide bonds. The van der Waals surface area contributed by atoms with Crippen molar-refractivity contribution in [2.45, 2.75) is 13.3 Å². The summed E-state index contributed by atoms with van der Waals surface area (Å²) in [6, 6.07) is 19.1. The molecule has 0 fully saturated rings. The summed E-state index contributed by atoms with van der Waals surface area (Å²) in [5.41, 5.74) is 1.66. The fraction of sp³-hybridized carbons (Fsp3) is 0.125. The third-order valence-electron chi connectivity index (χ3n) is 2.89. The lowest BCUT2D eigenvalue weighted by atomic mass is 10.1. The van der Waals surface area contributed by atoms with Gasteiger partial charge in [0.15, 0.2) is 0 Å². The van der Waals surface area contributed by atoms with Crippen LogP contribution in [0.15, 0.2) is 60.7 Å². The van der Waals surface area contributed by atoms with Gasteiger partial charge in [-0.1, -0.05) is 55.5 Å². The molecule has 2 N–H and O–H groups in total. The van der Waals surface area contributed by atoms with Crippen LogP contribution in [0.25, 0.3) is 0 Å². The standard InChI is InChI=1S/C16H17N3/c1-2-15(17)19(14-11-7-4-8-12-14)16(18)13-9-5-3-6-10-13/h3-12,17-18H,2H2,1H3. The lowest BCUT2D eigenvalue weighted by Gasteiger charge is -2.25. The summed E-state index contributed by atoms with van der Waals surface area (Å²) in [5, 5.41) is 16.4. The Bertz CT molecular complexity index is 561. The zero-order valence-corrected chi connectivity index (χ0v) is 10.9. The molecule has 2 aromatic rings. The minimum Gasteiger partial charge on any atom is -0.288 e. The van der Waals surface area contributed by atoms with Gasteiger partial charge in [0.05, 0.1) is 0 Å². The zero-order chi connectivity index (χ0) is 13.7. The Labute approximate surface area is 113 Å². The van der Waals surface area contributed by atoms with Crippen molar-refractivity contribution >= 4 is 17.4 Å². The van der Waals surface area contributed by atoms with Crippen molar-refractivity contribution in [1.29, 1.82) is 10.8 Å². The summed E-state index contributed by atoms with van der Waals surface area (Å²) < 4.78 is 0. The van der Waals surface area contributed by atoms with Crippen LogP contribution in [0, 0.1) is 10.8 Å².